The van der Waals surface area contributed by atoms with E-state index < -0.39 is 0 Å². The second-order valence-corrected chi connectivity index (χ2v) is 4.29. The summed E-state index contributed by atoms with van der Waals surface area (Å²) in [7, 11) is 3.24. The van der Waals surface area contributed by atoms with Crippen molar-refractivity contribution in [1.82, 2.24) is 0 Å². The van der Waals surface area contributed by atoms with Gasteiger partial charge < -0.3 is 4.42 Å². The summed E-state index contributed by atoms with van der Waals surface area (Å²) in [4.78, 5) is 0. The van der Waals surface area contributed by atoms with E-state index >= 15 is 0 Å². The molecule has 0 atom stereocenters. The molecule has 0 bridgehead atoms. The van der Waals surface area contributed by atoms with E-state index in [9.17, 15) is 0 Å². The van der Waals surface area contributed by atoms with Crippen LogP contribution in [0.15, 0.2) is 40.8 Å². The molecule has 0 saturated heterocycles. The normalized spacial score (nSPS) is 11.1. The summed E-state index contributed by atoms with van der Waals surface area (Å²) in [6.45, 7) is 2.11. The fourth-order valence-corrected chi connectivity index (χ4v) is 2.16. The molecule has 76 valence electrons. The van der Waals surface area contributed by atoms with Gasteiger partial charge in [0.15, 0.2) is 0 Å². The molecule has 0 aliphatic carbocycles. The lowest BCUT2D eigenvalue weighted by molar-refractivity contribution is 0.669. The summed E-state index contributed by atoms with van der Waals surface area (Å²) in [5, 5.41) is 2.46. The Hall–Kier alpha value is -1.63. The molecule has 0 aliphatic heterocycles. The number of aryl methyl sites for hydroxylation is 1. The lowest BCUT2D eigenvalue weighted by Crippen LogP contribution is -2.12. The number of hydrogen-bond acceptors (Lipinski definition) is 1. The monoisotopic (exact) mass is 206 g/mol. The predicted molar refractivity (Wildman–Crippen MR) is 73.8 cm³/mol. The molecule has 0 N–H and O–H groups in total. The molecule has 1 heterocycles. The lowest BCUT2D eigenvalue weighted by atomic mass is 9.51. The molecule has 0 saturated carbocycles. The predicted octanol–water partition coefficient (Wildman–Crippen LogP) is 1.50. The maximum absolute atomic E-state index is 5.81. The van der Waals surface area contributed by atoms with E-state index in [-0.39, 0.29) is 0 Å². The highest BCUT2D eigenvalue weighted by molar-refractivity contribution is 6.97. The zero-order chi connectivity index (χ0) is 11.1. The average molecular weight is 206 g/mol. The van der Waals surface area contributed by atoms with Crippen LogP contribution >= 0.6 is 0 Å². The van der Waals surface area contributed by atoms with Crippen molar-refractivity contribution in [3.8, 4) is 0 Å². The van der Waals surface area contributed by atoms with Gasteiger partial charge in [-0.25, -0.2) is 0 Å². The van der Waals surface area contributed by atoms with E-state index in [1.165, 1.54) is 21.8 Å². The molecule has 0 unspecified atom stereocenters. The standard InChI is InChI=1S/C13H12B2O/c1-8-2-4-12-10(6-8)11-7-9(15-14)3-5-13(11)16-12/h2-7,15H,14H2,1H3. The van der Waals surface area contributed by atoms with Gasteiger partial charge in [0.2, 0.25) is 0 Å². The van der Waals surface area contributed by atoms with Crippen molar-refractivity contribution in [2.24, 2.45) is 0 Å². The maximum Gasteiger partial charge on any atom is 0.135 e. The zero-order valence-corrected chi connectivity index (χ0v) is 9.58. The third-order valence-electron chi connectivity index (χ3n) is 3.10. The zero-order valence-electron chi connectivity index (χ0n) is 9.58. The Morgan fingerprint density at radius 3 is 2.44 bits per heavy atom. The van der Waals surface area contributed by atoms with E-state index in [2.05, 4.69) is 51.1 Å². The summed E-state index contributed by atoms with van der Waals surface area (Å²) in [5.41, 5.74) is 4.60. The average Bonchev–Trinajstić information content (AvgIpc) is 2.66. The maximum atomic E-state index is 5.81. The molecule has 1 aromatic heterocycles. The number of fused-ring (bicyclic) bond motifs is 3. The Balaban J connectivity index is 2.44. The summed E-state index contributed by atoms with van der Waals surface area (Å²) in [6, 6.07) is 12.8. The van der Waals surface area contributed by atoms with Crippen LogP contribution in [0.3, 0.4) is 0 Å². The van der Waals surface area contributed by atoms with Gasteiger partial charge in [0.1, 0.15) is 18.3 Å². The van der Waals surface area contributed by atoms with E-state index in [4.69, 9.17) is 4.42 Å². The minimum Gasteiger partial charge on any atom is -0.456 e. The van der Waals surface area contributed by atoms with Crippen molar-refractivity contribution < 1.29 is 4.42 Å². The SMILES string of the molecule is BBc1ccc2oc3ccc(C)cc3c2c1. The number of hydrogen-bond donors (Lipinski definition) is 0. The van der Waals surface area contributed by atoms with Gasteiger partial charge >= 0.3 is 0 Å². The van der Waals surface area contributed by atoms with E-state index in [0.717, 1.165) is 18.3 Å². The van der Waals surface area contributed by atoms with Crippen molar-refractivity contribution in [2.75, 3.05) is 0 Å². The fourth-order valence-electron chi connectivity index (χ4n) is 2.16. The Morgan fingerprint density at radius 1 is 1.00 bits per heavy atom. The Morgan fingerprint density at radius 2 is 1.69 bits per heavy atom. The van der Waals surface area contributed by atoms with Crippen LogP contribution in [-0.4, -0.2) is 14.9 Å². The summed E-state index contributed by atoms with van der Waals surface area (Å²) in [5.74, 6) is 0. The molecule has 2 aromatic carbocycles. The first-order valence-corrected chi connectivity index (χ1v) is 5.69. The number of furan rings is 1. The van der Waals surface area contributed by atoms with Crippen LogP contribution in [0.25, 0.3) is 21.9 Å². The quantitative estimate of drug-likeness (QED) is 0.549. The van der Waals surface area contributed by atoms with Crippen molar-refractivity contribution in [3.63, 3.8) is 0 Å². The minimum atomic E-state index is 0.980. The van der Waals surface area contributed by atoms with Gasteiger partial charge in [-0.2, -0.15) is 0 Å². The van der Waals surface area contributed by atoms with Crippen LogP contribution in [0.2, 0.25) is 0 Å². The summed E-state index contributed by atoms with van der Waals surface area (Å²) >= 11 is 0. The lowest BCUT2D eigenvalue weighted by Gasteiger charge is -1.95. The molecule has 0 radical (unpaired) electrons. The third-order valence-corrected chi connectivity index (χ3v) is 3.10. The molecule has 0 aliphatic rings. The van der Waals surface area contributed by atoms with Gasteiger partial charge in [0.05, 0.1) is 7.74 Å². The molecule has 0 fully saturated rings. The van der Waals surface area contributed by atoms with Gasteiger partial charge in [-0.3, -0.25) is 0 Å². The van der Waals surface area contributed by atoms with Crippen LogP contribution < -0.4 is 5.46 Å². The number of rotatable bonds is 1. The minimum absolute atomic E-state index is 0.980. The highest BCUT2D eigenvalue weighted by atomic mass is 16.3. The van der Waals surface area contributed by atoms with Crippen LogP contribution in [0, 0.1) is 6.92 Å². The van der Waals surface area contributed by atoms with Crippen LogP contribution in [0.4, 0.5) is 0 Å². The molecule has 1 nitrogen and oxygen atoms in total. The molecule has 3 aromatic rings. The van der Waals surface area contributed by atoms with E-state index in [1.807, 2.05) is 0 Å². The van der Waals surface area contributed by atoms with Gasteiger partial charge in [0.25, 0.3) is 0 Å². The molecule has 3 heteroatoms. The number of benzene rings is 2. The highest BCUT2D eigenvalue weighted by Gasteiger charge is 2.06. The topological polar surface area (TPSA) is 13.1 Å². The molecule has 3 rings (SSSR count). The van der Waals surface area contributed by atoms with Gasteiger partial charge in [-0.15, -0.1) is 0 Å². The van der Waals surface area contributed by atoms with Crippen molar-refractivity contribution >= 4 is 42.3 Å². The molecule has 0 amide bonds. The van der Waals surface area contributed by atoms with Crippen molar-refractivity contribution in [3.05, 3.63) is 42.0 Å². The van der Waals surface area contributed by atoms with E-state index in [1.54, 1.807) is 0 Å². The first-order chi connectivity index (χ1) is 7.78. The largest absolute Gasteiger partial charge is 0.456 e. The molecular weight excluding hydrogens is 194 g/mol. The Bertz CT molecular complexity index is 670. The Labute approximate surface area is 96.1 Å². The van der Waals surface area contributed by atoms with Crippen LogP contribution in [0.1, 0.15) is 5.56 Å². The van der Waals surface area contributed by atoms with Crippen LogP contribution in [0.5, 0.6) is 0 Å². The fraction of sp³-hybridized carbons (Fsp3) is 0.0769. The first kappa shape index (κ1) is 9.59. The Kier molecular flexibility index (Phi) is 2.06. The molecular formula is C13H12B2O. The van der Waals surface area contributed by atoms with Crippen LogP contribution in [-0.2, 0) is 0 Å². The van der Waals surface area contributed by atoms with E-state index in [0.29, 0.717) is 0 Å². The molecule has 0 spiro atoms. The summed E-state index contributed by atoms with van der Waals surface area (Å²) < 4.78 is 5.81. The van der Waals surface area contributed by atoms with Gasteiger partial charge in [-0.05, 0) is 25.1 Å². The smallest absolute Gasteiger partial charge is 0.135 e. The third kappa shape index (κ3) is 1.35. The van der Waals surface area contributed by atoms with Gasteiger partial charge in [-0.1, -0.05) is 29.2 Å². The summed E-state index contributed by atoms with van der Waals surface area (Å²) in [6.07, 6.45) is 0. The second-order valence-electron chi connectivity index (χ2n) is 4.29. The highest BCUT2D eigenvalue weighted by Crippen LogP contribution is 2.28. The second kappa shape index (κ2) is 3.44. The first-order valence-electron chi connectivity index (χ1n) is 5.69. The van der Waals surface area contributed by atoms with Gasteiger partial charge in [0, 0.05) is 10.8 Å². The molecule has 16 heavy (non-hydrogen) atoms. The van der Waals surface area contributed by atoms with Crippen molar-refractivity contribution in [2.45, 2.75) is 6.92 Å². The van der Waals surface area contributed by atoms with Crippen molar-refractivity contribution in [1.29, 1.82) is 0 Å².